The number of piperidine rings is 2. The summed E-state index contributed by atoms with van der Waals surface area (Å²) in [7, 11) is 0. The molecule has 61 heavy (non-hydrogen) atoms. The summed E-state index contributed by atoms with van der Waals surface area (Å²) in [6, 6.07) is 15.9. The summed E-state index contributed by atoms with van der Waals surface area (Å²) in [6.07, 6.45) is 12.2. The molecular formula is C48H53BrF2N6O4. The lowest BCUT2D eigenvalue weighted by molar-refractivity contribution is -0.137. The summed E-state index contributed by atoms with van der Waals surface area (Å²) in [4.78, 5) is 63.6. The molecular weight excluding hydrogens is 842 g/mol. The number of benzene rings is 3. The number of anilines is 2. The van der Waals surface area contributed by atoms with Gasteiger partial charge >= 0.3 is 0 Å². The van der Waals surface area contributed by atoms with Crippen molar-refractivity contribution in [2.75, 3.05) is 55.6 Å². The smallest absolute Gasteiger partial charge is 0.281 e. The SMILES string of the molecule is O=C(C1CCC(CN2CCC(c3ccc4c(c3)-n3c(nc(=O)c5c(Br)cccc53)C43CCCCC3)CC2)CC1)N1CCN(c2ccc(N3C(=O)CCCC3=O)c(F)c2F)CC1. The van der Waals surface area contributed by atoms with Gasteiger partial charge in [-0.2, -0.15) is 4.98 Å². The standard InChI is InChI=1S/C48H53BrF2N6O4/c49-35-6-4-7-36-42(35)45(60)52-47-48(20-2-1-3-21-48)34-15-14-33(28-39(34)56(36)47)31-18-22-53(23-19-31)29-30-10-12-32(13-11-30)46(61)55-26-24-54(25-27-55)37-16-17-38(44(51)43(37)50)57-40(58)8-5-9-41(57)59/h4,6-7,14-17,28,30-32H,1-3,5,8-13,18-27,29H2. The molecule has 6 aliphatic rings. The molecule has 4 aromatic rings. The van der Waals surface area contributed by atoms with E-state index in [0.717, 1.165) is 105 Å². The molecule has 3 amide bonds. The number of hydrogen-bond acceptors (Lipinski definition) is 7. The summed E-state index contributed by atoms with van der Waals surface area (Å²) >= 11 is 3.64. The highest BCUT2D eigenvalue weighted by Gasteiger charge is 2.47. The summed E-state index contributed by atoms with van der Waals surface area (Å²) in [5.41, 5.74) is 4.22. The van der Waals surface area contributed by atoms with Crippen molar-refractivity contribution in [2.24, 2.45) is 11.8 Å². The maximum absolute atomic E-state index is 15.4. The van der Waals surface area contributed by atoms with Gasteiger partial charge in [0.15, 0.2) is 11.6 Å². The normalized spacial score (nSPS) is 23.5. The number of amides is 3. The third-order valence-electron chi connectivity index (χ3n) is 15.0. The van der Waals surface area contributed by atoms with E-state index in [4.69, 9.17) is 4.98 Å². The average Bonchev–Trinajstić information content (AvgIpc) is 3.53. The molecule has 5 fully saturated rings. The molecule has 0 radical (unpaired) electrons. The zero-order valence-corrected chi connectivity index (χ0v) is 36.2. The molecule has 1 aromatic heterocycles. The largest absolute Gasteiger partial charge is 0.366 e. The second kappa shape index (κ2) is 16.3. The number of carbonyl (C=O) groups is 3. The second-order valence-corrected chi connectivity index (χ2v) is 19.3. The molecule has 1 spiro atoms. The van der Waals surface area contributed by atoms with Gasteiger partial charge in [0.05, 0.1) is 33.4 Å². The Morgan fingerprint density at radius 2 is 1.44 bits per heavy atom. The molecule has 10 rings (SSSR count). The Morgan fingerprint density at radius 3 is 2.16 bits per heavy atom. The van der Waals surface area contributed by atoms with Crippen molar-refractivity contribution in [1.29, 1.82) is 0 Å². The van der Waals surface area contributed by atoms with Crippen LogP contribution in [0.25, 0.3) is 16.6 Å². The van der Waals surface area contributed by atoms with Gasteiger partial charge in [-0.05, 0) is 140 Å². The van der Waals surface area contributed by atoms with Crippen molar-refractivity contribution >= 4 is 55.9 Å². The lowest BCUT2D eigenvalue weighted by atomic mass is 9.69. The van der Waals surface area contributed by atoms with Crippen LogP contribution in [-0.2, 0) is 19.8 Å². The van der Waals surface area contributed by atoms with Crippen LogP contribution in [0.3, 0.4) is 0 Å². The molecule has 0 bridgehead atoms. The number of halogens is 3. The van der Waals surface area contributed by atoms with Gasteiger partial charge in [-0.15, -0.1) is 0 Å². The number of rotatable bonds is 6. The lowest BCUT2D eigenvalue weighted by Crippen LogP contribution is -2.51. The van der Waals surface area contributed by atoms with Crippen LogP contribution in [0, 0.1) is 23.5 Å². The van der Waals surface area contributed by atoms with E-state index in [1.165, 1.54) is 35.4 Å². The molecule has 3 saturated heterocycles. The van der Waals surface area contributed by atoms with E-state index in [2.05, 4.69) is 49.7 Å². The van der Waals surface area contributed by atoms with Gasteiger partial charge in [0.1, 0.15) is 5.82 Å². The second-order valence-electron chi connectivity index (χ2n) is 18.4. The van der Waals surface area contributed by atoms with Crippen LogP contribution in [0.15, 0.2) is 57.8 Å². The van der Waals surface area contributed by atoms with E-state index in [9.17, 15) is 19.2 Å². The highest BCUT2D eigenvalue weighted by Crippen LogP contribution is 2.52. The van der Waals surface area contributed by atoms with Crippen molar-refractivity contribution in [3.8, 4) is 5.69 Å². The van der Waals surface area contributed by atoms with E-state index in [0.29, 0.717) is 49.8 Å². The maximum atomic E-state index is 15.4. The van der Waals surface area contributed by atoms with Gasteiger partial charge in [-0.1, -0.05) is 37.5 Å². The predicted octanol–water partition coefficient (Wildman–Crippen LogP) is 8.37. The zero-order valence-electron chi connectivity index (χ0n) is 34.7. The minimum atomic E-state index is -1.19. The highest BCUT2D eigenvalue weighted by molar-refractivity contribution is 9.10. The van der Waals surface area contributed by atoms with Crippen molar-refractivity contribution in [2.45, 2.75) is 101 Å². The van der Waals surface area contributed by atoms with E-state index >= 15 is 8.78 Å². The lowest BCUT2D eigenvalue weighted by Gasteiger charge is -2.40. The Labute approximate surface area is 363 Å². The monoisotopic (exact) mass is 894 g/mol. The first-order chi connectivity index (χ1) is 29.6. The van der Waals surface area contributed by atoms with E-state index in [-0.39, 0.29) is 47.0 Å². The number of carbonyl (C=O) groups excluding carboxylic acids is 3. The van der Waals surface area contributed by atoms with Crippen LogP contribution in [0.4, 0.5) is 20.2 Å². The minimum Gasteiger partial charge on any atom is -0.366 e. The molecule has 320 valence electrons. The van der Waals surface area contributed by atoms with Crippen LogP contribution in [0.2, 0.25) is 0 Å². The average molecular weight is 896 g/mol. The molecule has 2 aliphatic carbocycles. The van der Waals surface area contributed by atoms with Crippen LogP contribution in [0.1, 0.15) is 113 Å². The molecule has 0 N–H and O–H groups in total. The van der Waals surface area contributed by atoms with Crippen LogP contribution in [0.5, 0.6) is 0 Å². The van der Waals surface area contributed by atoms with E-state index in [1.54, 1.807) is 4.90 Å². The first kappa shape index (κ1) is 40.6. The van der Waals surface area contributed by atoms with E-state index < -0.39 is 23.4 Å². The Balaban J connectivity index is 0.729. The topological polar surface area (TPSA) is 99.1 Å². The molecule has 2 saturated carbocycles. The number of hydrogen-bond donors (Lipinski definition) is 0. The molecule has 10 nitrogen and oxygen atoms in total. The van der Waals surface area contributed by atoms with Crippen molar-refractivity contribution < 1.29 is 23.2 Å². The fraction of sp³-hybridized carbons (Fsp3) is 0.521. The summed E-state index contributed by atoms with van der Waals surface area (Å²) < 4.78 is 33.7. The number of aromatic nitrogens is 2. The van der Waals surface area contributed by atoms with Gasteiger partial charge in [0.2, 0.25) is 17.7 Å². The summed E-state index contributed by atoms with van der Waals surface area (Å²) in [5, 5.41) is 0.644. The van der Waals surface area contributed by atoms with Gasteiger partial charge in [0, 0.05) is 56.0 Å². The zero-order chi connectivity index (χ0) is 42.0. The van der Waals surface area contributed by atoms with Gasteiger partial charge in [0.25, 0.3) is 5.56 Å². The summed E-state index contributed by atoms with van der Waals surface area (Å²) in [5.74, 6) is -1.19. The highest BCUT2D eigenvalue weighted by atomic mass is 79.9. The molecule has 4 aliphatic heterocycles. The van der Waals surface area contributed by atoms with Gasteiger partial charge in [-0.3, -0.25) is 23.7 Å². The Kier molecular flexibility index (Phi) is 10.9. The molecule has 5 heterocycles. The Hall–Kier alpha value is -4.49. The number of fused-ring (bicyclic) bond motifs is 7. The third kappa shape index (κ3) is 7.11. The fourth-order valence-corrected chi connectivity index (χ4v) is 12.3. The van der Waals surface area contributed by atoms with Gasteiger partial charge < -0.3 is 14.7 Å². The van der Waals surface area contributed by atoms with Crippen LogP contribution in [-0.4, -0.2) is 82.9 Å². The summed E-state index contributed by atoms with van der Waals surface area (Å²) in [6.45, 7) is 4.79. The molecule has 0 unspecified atom stereocenters. The van der Waals surface area contributed by atoms with Crippen molar-refractivity contribution in [1.82, 2.24) is 19.4 Å². The van der Waals surface area contributed by atoms with Crippen LogP contribution >= 0.6 is 15.9 Å². The van der Waals surface area contributed by atoms with Crippen LogP contribution < -0.4 is 15.4 Å². The first-order valence-corrected chi connectivity index (χ1v) is 23.4. The number of likely N-dealkylation sites (tertiary alicyclic amines) is 1. The number of piperazine rings is 1. The van der Waals surface area contributed by atoms with Crippen molar-refractivity contribution in [3.63, 3.8) is 0 Å². The molecule has 13 heteroatoms. The van der Waals surface area contributed by atoms with Gasteiger partial charge in [-0.25, -0.2) is 13.7 Å². The minimum absolute atomic E-state index is 0.00848. The van der Waals surface area contributed by atoms with E-state index in [1.807, 2.05) is 17.0 Å². The van der Waals surface area contributed by atoms with Crippen molar-refractivity contribution in [3.05, 3.63) is 91.9 Å². The maximum Gasteiger partial charge on any atom is 0.281 e. The first-order valence-electron chi connectivity index (χ1n) is 22.6. The molecule has 0 atom stereocenters. The fourth-order valence-electron chi connectivity index (χ4n) is 11.8. The Morgan fingerprint density at radius 1 is 0.754 bits per heavy atom. The quantitative estimate of drug-likeness (QED) is 0.180. The third-order valence-corrected chi connectivity index (χ3v) is 15.7. The predicted molar refractivity (Wildman–Crippen MR) is 234 cm³/mol. The Bertz CT molecular complexity index is 2450. The number of nitrogens with zero attached hydrogens (tertiary/aromatic N) is 6. The molecule has 3 aromatic carbocycles. The number of imide groups is 1.